The van der Waals surface area contributed by atoms with Crippen LogP contribution in [0.5, 0.6) is 0 Å². The average Bonchev–Trinajstić information content (AvgIpc) is 3.48. The minimum absolute atomic E-state index is 0.00351. The number of fused-ring (bicyclic) bond motifs is 1. The molecule has 0 aromatic heterocycles. The molecular formula is C21H31N5O5S2. The third kappa shape index (κ3) is 4.38. The van der Waals surface area contributed by atoms with Crippen molar-refractivity contribution in [3.05, 3.63) is 10.6 Å². The molecule has 12 heteroatoms. The van der Waals surface area contributed by atoms with E-state index in [1.807, 2.05) is 13.8 Å². The lowest BCUT2D eigenvalue weighted by Gasteiger charge is -2.47. The highest BCUT2D eigenvalue weighted by molar-refractivity contribution is 8.03. The topological polar surface area (TPSA) is 131 Å². The van der Waals surface area contributed by atoms with Gasteiger partial charge in [-0.1, -0.05) is 6.92 Å². The van der Waals surface area contributed by atoms with Crippen molar-refractivity contribution in [1.29, 1.82) is 0 Å². The summed E-state index contributed by atoms with van der Waals surface area (Å²) in [7, 11) is 3.43. The van der Waals surface area contributed by atoms with Crippen molar-refractivity contribution in [2.24, 2.45) is 11.8 Å². The van der Waals surface area contributed by atoms with E-state index in [2.05, 4.69) is 16.0 Å². The Kier molecular flexibility index (Phi) is 7.00. The van der Waals surface area contributed by atoms with Crippen LogP contribution in [0.15, 0.2) is 10.6 Å². The van der Waals surface area contributed by atoms with Gasteiger partial charge in [0.25, 0.3) is 0 Å². The summed E-state index contributed by atoms with van der Waals surface area (Å²) in [6.07, 6.45) is 0.603. The number of aliphatic carboxylic acids is 1. The third-order valence-electron chi connectivity index (χ3n) is 6.86. The Balaban J connectivity index is 1.45. The van der Waals surface area contributed by atoms with E-state index in [-0.39, 0.29) is 52.7 Å². The summed E-state index contributed by atoms with van der Waals surface area (Å²) in [4.78, 5) is 53.6. The number of thioether (sulfide) groups is 2. The minimum Gasteiger partial charge on any atom is -0.477 e. The van der Waals surface area contributed by atoms with E-state index in [1.54, 1.807) is 30.8 Å². The van der Waals surface area contributed by atoms with E-state index in [0.29, 0.717) is 23.6 Å². The van der Waals surface area contributed by atoms with Crippen LogP contribution in [0.4, 0.5) is 0 Å². The van der Waals surface area contributed by atoms with Crippen molar-refractivity contribution in [3.8, 4) is 0 Å². The number of likely N-dealkylation sites (N-methyl/N-ethyl adjacent to an activating group) is 1. The molecular weight excluding hydrogens is 466 g/mol. The average molecular weight is 498 g/mol. The Morgan fingerprint density at radius 1 is 1.27 bits per heavy atom. The first kappa shape index (κ1) is 24.4. The van der Waals surface area contributed by atoms with Crippen LogP contribution in [0.3, 0.4) is 0 Å². The molecule has 4 aliphatic heterocycles. The molecule has 0 aromatic rings. The minimum atomic E-state index is -1.12. The molecule has 0 aliphatic carbocycles. The molecule has 4 rings (SSSR count). The van der Waals surface area contributed by atoms with Gasteiger partial charge in [-0.05, 0) is 13.3 Å². The quantitative estimate of drug-likeness (QED) is 0.343. The molecule has 4 aliphatic rings. The highest BCUT2D eigenvalue weighted by Crippen LogP contribution is 2.51. The number of carboxylic acids is 1. The van der Waals surface area contributed by atoms with Crippen LogP contribution >= 0.6 is 23.5 Å². The molecule has 3 saturated heterocycles. The second kappa shape index (κ2) is 9.47. The van der Waals surface area contributed by atoms with E-state index in [9.17, 15) is 24.3 Å². The second-order valence-corrected chi connectivity index (χ2v) is 11.6. The number of β-lactam (4-membered cyclic amide) rings is 1. The molecule has 0 saturated carbocycles. The lowest BCUT2D eigenvalue weighted by Crippen LogP contribution is -2.66. The first-order chi connectivity index (χ1) is 15.6. The van der Waals surface area contributed by atoms with Gasteiger partial charge < -0.3 is 25.5 Å². The zero-order valence-electron chi connectivity index (χ0n) is 19.2. The highest BCUT2D eigenvalue weighted by Gasteiger charge is 2.60. The molecule has 0 radical (unpaired) electrons. The summed E-state index contributed by atoms with van der Waals surface area (Å²) in [5.41, 5.74) is 0.0496. The largest absolute Gasteiger partial charge is 0.477 e. The van der Waals surface area contributed by atoms with Gasteiger partial charge in [0.2, 0.25) is 17.7 Å². The fourth-order valence-electron chi connectivity index (χ4n) is 5.15. The molecule has 3 fully saturated rings. The van der Waals surface area contributed by atoms with Crippen molar-refractivity contribution in [1.82, 2.24) is 25.8 Å². The maximum Gasteiger partial charge on any atom is 0.353 e. The molecule has 10 nitrogen and oxygen atoms in total. The fraction of sp³-hybridized carbons (Fsp3) is 0.714. The van der Waals surface area contributed by atoms with E-state index in [1.165, 1.54) is 16.7 Å². The number of carbonyl (C=O) groups is 4. The van der Waals surface area contributed by atoms with Crippen molar-refractivity contribution in [3.63, 3.8) is 0 Å². The molecule has 7 atom stereocenters. The molecule has 0 spiro atoms. The monoisotopic (exact) mass is 497 g/mol. The summed E-state index contributed by atoms with van der Waals surface area (Å²) in [6.45, 7) is 4.36. The van der Waals surface area contributed by atoms with Crippen LogP contribution in [0.2, 0.25) is 0 Å². The van der Waals surface area contributed by atoms with E-state index >= 15 is 0 Å². The number of nitrogens with zero attached hydrogens (tertiary/aromatic N) is 2. The van der Waals surface area contributed by atoms with Crippen LogP contribution in [0.25, 0.3) is 0 Å². The lowest BCUT2D eigenvalue weighted by atomic mass is 9.78. The Morgan fingerprint density at radius 3 is 2.61 bits per heavy atom. The molecule has 33 heavy (non-hydrogen) atoms. The number of nitrogens with one attached hydrogen (secondary N) is 3. The highest BCUT2D eigenvalue weighted by atomic mass is 32.2. The Labute approximate surface area is 201 Å². The predicted molar refractivity (Wildman–Crippen MR) is 126 cm³/mol. The fourth-order valence-corrected chi connectivity index (χ4v) is 7.57. The van der Waals surface area contributed by atoms with Gasteiger partial charge in [0.1, 0.15) is 5.70 Å². The van der Waals surface area contributed by atoms with Crippen LogP contribution in [0, 0.1) is 11.8 Å². The van der Waals surface area contributed by atoms with Gasteiger partial charge >= 0.3 is 5.97 Å². The Bertz CT molecular complexity index is 890. The van der Waals surface area contributed by atoms with Gasteiger partial charge in [0.05, 0.1) is 24.0 Å². The summed E-state index contributed by atoms with van der Waals surface area (Å²) >= 11 is 3.11. The van der Waals surface area contributed by atoms with Crippen LogP contribution in [0.1, 0.15) is 20.3 Å². The van der Waals surface area contributed by atoms with Crippen LogP contribution in [-0.2, 0) is 19.2 Å². The first-order valence-corrected chi connectivity index (χ1v) is 13.2. The number of carboxylic acid groups (broad SMARTS) is 1. The number of amides is 3. The summed E-state index contributed by atoms with van der Waals surface area (Å²) in [5.74, 6) is -0.696. The Morgan fingerprint density at radius 2 is 2.00 bits per heavy atom. The smallest absolute Gasteiger partial charge is 0.353 e. The number of hydrogen-bond acceptors (Lipinski definition) is 8. The van der Waals surface area contributed by atoms with Gasteiger partial charge in [0.15, 0.2) is 0 Å². The van der Waals surface area contributed by atoms with Crippen LogP contribution in [-0.4, -0.2) is 100 Å². The van der Waals surface area contributed by atoms with Crippen molar-refractivity contribution < 1.29 is 24.3 Å². The summed E-state index contributed by atoms with van der Waals surface area (Å²) < 4.78 is 0. The maximum atomic E-state index is 13.0. The van der Waals surface area contributed by atoms with E-state index < -0.39 is 17.9 Å². The van der Waals surface area contributed by atoms with E-state index in [0.717, 1.165) is 5.88 Å². The van der Waals surface area contributed by atoms with E-state index in [4.69, 9.17) is 0 Å². The Hall–Kier alpha value is -1.76. The van der Waals surface area contributed by atoms with Crippen molar-refractivity contribution >= 4 is 47.2 Å². The SMILES string of the molecule is CC(NC(=O)[C@@H]1CSCN1)[C@H]1C(=O)N2C(C(=O)O)=C(S[C@@H]3CN[C@H](C(=O)N(C)C)C3)[C@H](C)[C@H]12. The number of rotatable bonds is 7. The summed E-state index contributed by atoms with van der Waals surface area (Å²) in [6, 6.07) is -1.24. The molecule has 4 N–H and O–H groups in total. The third-order valence-corrected chi connectivity index (χ3v) is 9.31. The summed E-state index contributed by atoms with van der Waals surface area (Å²) in [5, 5.41) is 19.3. The van der Waals surface area contributed by atoms with Crippen LogP contribution < -0.4 is 16.0 Å². The molecule has 182 valence electrons. The van der Waals surface area contributed by atoms with Gasteiger partial charge in [-0.3, -0.25) is 19.7 Å². The molecule has 0 aromatic carbocycles. The van der Waals surface area contributed by atoms with Gasteiger partial charge in [-0.15, -0.1) is 23.5 Å². The standard InChI is InChI=1S/C21H31N5O5S2/c1-9-15-14(10(2)24-18(27)13-7-32-8-23-13)20(29)26(15)16(21(30)31)17(9)33-11-5-12(22-6-11)19(28)25(3)4/h9-15,22-23H,5-8H2,1-4H3,(H,24,27)(H,30,31)/t9-,10?,11+,12+,13+,14-,15-/m1/s1. The lowest BCUT2D eigenvalue weighted by molar-refractivity contribution is -0.158. The molecule has 3 amide bonds. The maximum absolute atomic E-state index is 13.0. The number of carbonyl (C=O) groups excluding carboxylic acids is 3. The van der Waals surface area contributed by atoms with Crippen molar-refractivity contribution in [2.45, 2.75) is 49.7 Å². The zero-order chi connectivity index (χ0) is 24.0. The predicted octanol–water partition coefficient (Wildman–Crippen LogP) is -0.522. The molecule has 4 heterocycles. The van der Waals surface area contributed by atoms with Gasteiger partial charge in [0, 0.05) is 54.4 Å². The molecule has 1 unspecified atom stereocenters. The molecule has 0 bridgehead atoms. The van der Waals surface area contributed by atoms with Gasteiger partial charge in [-0.2, -0.15) is 0 Å². The van der Waals surface area contributed by atoms with Gasteiger partial charge in [-0.25, -0.2) is 4.79 Å². The normalized spacial score (nSPS) is 34.2. The second-order valence-electron chi connectivity index (χ2n) is 9.27. The zero-order valence-corrected chi connectivity index (χ0v) is 20.8. The van der Waals surface area contributed by atoms with Crippen molar-refractivity contribution in [2.75, 3.05) is 32.3 Å². The number of hydrogen-bond donors (Lipinski definition) is 4. The first-order valence-electron chi connectivity index (χ1n) is 11.1.